The van der Waals surface area contributed by atoms with Crippen molar-refractivity contribution < 1.29 is 5.48 Å². The van der Waals surface area contributed by atoms with E-state index in [-0.39, 0.29) is 5.48 Å². The quantitative estimate of drug-likeness (QED) is 0.416. The van der Waals surface area contributed by atoms with Crippen LogP contribution in [0.1, 0.15) is 6.92 Å². The summed E-state index contributed by atoms with van der Waals surface area (Å²) in [5, 5.41) is 0. The zero-order valence-electron chi connectivity index (χ0n) is 3.71. The van der Waals surface area contributed by atoms with Crippen molar-refractivity contribution in [2.75, 3.05) is 0 Å². The van der Waals surface area contributed by atoms with Gasteiger partial charge in [-0.05, 0) is 0 Å². The summed E-state index contributed by atoms with van der Waals surface area (Å²) in [5.41, 5.74) is 0. The molecule has 0 rings (SSSR count). The van der Waals surface area contributed by atoms with Crippen molar-refractivity contribution in [3.63, 3.8) is 0 Å². The molecule has 2 radical (unpaired) electrons. The molecule has 0 aliphatic heterocycles. The van der Waals surface area contributed by atoms with Crippen LogP contribution in [0.2, 0.25) is 12.6 Å². The molecule has 0 saturated carbocycles. The fraction of sp³-hybridized carbons (Fsp3) is 1.00. The van der Waals surface area contributed by atoms with Gasteiger partial charge in [0.05, 0.1) is 0 Å². The average Bonchev–Trinajstić information content (AvgIpc) is 1.37. The van der Waals surface area contributed by atoms with Crippen molar-refractivity contribution in [3.8, 4) is 0 Å². The molecule has 0 aromatic heterocycles. The van der Waals surface area contributed by atoms with Crippen molar-refractivity contribution in [2.24, 2.45) is 0 Å². The maximum atomic E-state index is 2.21. The first-order valence-electron chi connectivity index (χ1n) is 1.56. The summed E-state index contributed by atoms with van der Waals surface area (Å²) in [7, 11) is 1.14. The third kappa shape index (κ3) is 14.3. The maximum Gasteiger partial charge on any atom is 0.0339 e. The molecule has 0 spiro atoms. The van der Waals surface area contributed by atoms with E-state index in [1.54, 1.807) is 0 Å². The summed E-state index contributed by atoms with van der Waals surface area (Å²) in [5.74, 6) is 0. The Bertz CT molecular complexity index is 8.85. The topological polar surface area (TPSA) is 31.5 Å². The van der Waals surface area contributed by atoms with E-state index >= 15 is 0 Å². The minimum atomic E-state index is 0. The predicted molar refractivity (Wildman–Crippen MR) is 25.7 cm³/mol. The standard InChI is InChI=1S/C3H8Si.H2O/c1-3-4-2;/h3H2,1-2H3;1H2. The number of hydrogen-bond acceptors (Lipinski definition) is 0. The van der Waals surface area contributed by atoms with E-state index in [2.05, 4.69) is 13.5 Å². The highest BCUT2D eigenvalue weighted by atomic mass is 28.2. The van der Waals surface area contributed by atoms with Gasteiger partial charge in [0, 0.05) is 9.52 Å². The van der Waals surface area contributed by atoms with Crippen molar-refractivity contribution >= 4 is 9.52 Å². The molecule has 0 aliphatic rings. The first kappa shape index (κ1) is 8.95. The summed E-state index contributed by atoms with van der Waals surface area (Å²) in [4.78, 5) is 0. The Morgan fingerprint density at radius 3 is 1.80 bits per heavy atom. The second-order valence-electron chi connectivity index (χ2n) is 0.707. The van der Waals surface area contributed by atoms with Gasteiger partial charge in [-0.2, -0.15) is 0 Å². The van der Waals surface area contributed by atoms with E-state index in [0.29, 0.717) is 0 Å². The van der Waals surface area contributed by atoms with Crippen molar-refractivity contribution in [1.29, 1.82) is 0 Å². The first-order chi connectivity index (χ1) is 1.91. The second kappa shape index (κ2) is 8.90. The highest BCUT2D eigenvalue weighted by molar-refractivity contribution is 6.33. The lowest BCUT2D eigenvalue weighted by Gasteiger charge is -1.65. The Balaban J connectivity index is 0. The second-order valence-corrected chi connectivity index (χ2v) is 2.12. The smallest absolute Gasteiger partial charge is 0.0339 e. The predicted octanol–water partition coefficient (Wildman–Crippen LogP) is 0.352. The van der Waals surface area contributed by atoms with E-state index in [0.717, 1.165) is 9.52 Å². The maximum absolute atomic E-state index is 2.21. The molecular formula is C3H10OSi. The summed E-state index contributed by atoms with van der Waals surface area (Å²) in [6.45, 7) is 4.40. The third-order valence-corrected chi connectivity index (χ3v) is 1.06. The molecule has 0 heterocycles. The van der Waals surface area contributed by atoms with Crippen LogP contribution in [0.3, 0.4) is 0 Å². The van der Waals surface area contributed by atoms with E-state index in [1.807, 2.05) is 0 Å². The molecule has 0 aromatic carbocycles. The molecule has 0 unspecified atom stereocenters. The van der Waals surface area contributed by atoms with Gasteiger partial charge in [0.25, 0.3) is 0 Å². The monoisotopic (exact) mass is 90.1 g/mol. The van der Waals surface area contributed by atoms with Crippen molar-refractivity contribution in [2.45, 2.75) is 19.5 Å². The molecular weight excluding hydrogens is 80.1 g/mol. The summed E-state index contributed by atoms with van der Waals surface area (Å²) in [6.07, 6.45) is 0. The lowest BCUT2D eigenvalue weighted by atomic mass is 11.0. The summed E-state index contributed by atoms with van der Waals surface area (Å²) in [6, 6.07) is 1.35. The molecule has 0 atom stereocenters. The van der Waals surface area contributed by atoms with Crippen LogP contribution in [0.5, 0.6) is 0 Å². The lowest BCUT2D eigenvalue weighted by molar-refractivity contribution is 0.824. The van der Waals surface area contributed by atoms with Crippen molar-refractivity contribution in [1.82, 2.24) is 0 Å². The Hall–Kier alpha value is 0.177. The van der Waals surface area contributed by atoms with E-state index in [4.69, 9.17) is 0 Å². The van der Waals surface area contributed by atoms with Crippen LogP contribution >= 0.6 is 0 Å². The molecule has 32 valence electrons. The van der Waals surface area contributed by atoms with Gasteiger partial charge < -0.3 is 5.48 Å². The molecule has 0 bridgehead atoms. The molecule has 2 N–H and O–H groups in total. The molecule has 0 fully saturated rings. The number of hydrogen-bond donors (Lipinski definition) is 0. The first-order valence-corrected chi connectivity index (χ1v) is 3.27. The van der Waals surface area contributed by atoms with Gasteiger partial charge in [-0.3, -0.25) is 0 Å². The fourth-order valence-electron chi connectivity index (χ4n) is 0. The zero-order chi connectivity index (χ0) is 3.41. The molecule has 0 aromatic rings. The number of rotatable bonds is 1. The Labute approximate surface area is 35.5 Å². The molecule has 0 aliphatic carbocycles. The average molecular weight is 90.2 g/mol. The zero-order valence-corrected chi connectivity index (χ0v) is 4.71. The van der Waals surface area contributed by atoms with Crippen LogP contribution in [0.4, 0.5) is 0 Å². The van der Waals surface area contributed by atoms with E-state index < -0.39 is 0 Å². The minimum absolute atomic E-state index is 0. The molecule has 2 heteroatoms. The molecule has 0 saturated heterocycles. The Kier molecular flexibility index (Phi) is 15.9. The van der Waals surface area contributed by atoms with Crippen LogP contribution in [0, 0.1) is 0 Å². The third-order valence-electron chi connectivity index (χ3n) is 0.354. The van der Waals surface area contributed by atoms with Crippen LogP contribution in [-0.4, -0.2) is 15.0 Å². The van der Waals surface area contributed by atoms with Crippen molar-refractivity contribution in [3.05, 3.63) is 0 Å². The van der Waals surface area contributed by atoms with Gasteiger partial charge in [-0.15, -0.1) is 0 Å². The van der Waals surface area contributed by atoms with Gasteiger partial charge in [0.2, 0.25) is 0 Å². The SMILES string of the molecule is CC[Si]C.O. The van der Waals surface area contributed by atoms with Gasteiger partial charge in [-0.25, -0.2) is 0 Å². The van der Waals surface area contributed by atoms with E-state index in [1.165, 1.54) is 6.04 Å². The fourth-order valence-corrected chi connectivity index (χ4v) is 0. The van der Waals surface area contributed by atoms with Gasteiger partial charge in [0.1, 0.15) is 0 Å². The summed E-state index contributed by atoms with van der Waals surface area (Å²) >= 11 is 0. The minimum Gasteiger partial charge on any atom is -0.412 e. The van der Waals surface area contributed by atoms with E-state index in [9.17, 15) is 0 Å². The van der Waals surface area contributed by atoms with Gasteiger partial charge in [-0.1, -0.05) is 19.5 Å². The van der Waals surface area contributed by atoms with Gasteiger partial charge >= 0.3 is 0 Å². The molecule has 1 nitrogen and oxygen atoms in total. The highest BCUT2D eigenvalue weighted by Crippen LogP contribution is 1.64. The largest absolute Gasteiger partial charge is 0.412 e. The summed E-state index contributed by atoms with van der Waals surface area (Å²) < 4.78 is 0. The highest BCUT2D eigenvalue weighted by Gasteiger charge is 1.59. The molecule has 0 amide bonds. The molecule has 5 heavy (non-hydrogen) atoms. The normalized spacial score (nSPS) is 6.00. The van der Waals surface area contributed by atoms with Crippen LogP contribution in [-0.2, 0) is 0 Å². The van der Waals surface area contributed by atoms with Gasteiger partial charge in [0.15, 0.2) is 0 Å². The van der Waals surface area contributed by atoms with Crippen LogP contribution in [0.25, 0.3) is 0 Å². The Morgan fingerprint density at radius 1 is 1.60 bits per heavy atom. The Morgan fingerprint density at radius 2 is 1.80 bits per heavy atom. The lowest BCUT2D eigenvalue weighted by Crippen LogP contribution is -1.67. The van der Waals surface area contributed by atoms with Crippen LogP contribution < -0.4 is 0 Å². The van der Waals surface area contributed by atoms with Crippen LogP contribution in [0.15, 0.2) is 0 Å².